The first-order valence-corrected chi connectivity index (χ1v) is 18.2. The zero-order valence-electron chi connectivity index (χ0n) is 28.7. The highest BCUT2D eigenvalue weighted by Gasteiger charge is 2.16. The number of allylic oxidation sites excluding steroid dienone is 8. The van der Waals surface area contributed by atoms with E-state index in [-0.39, 0.29) is 25.2 Å². The summed E-state index contributed by atoms with van der Waals surface area (Å²) in [6.45, 7) is 3.98. The van der Waals surface area contributed by atoms with Gasteiger partial charge in [-0.1, -0.05) is 152 Å². The Hall–Kier alpha value is -2.14. The number of hydrogen-bond acceptors (Lipinski definition) is 5. The molecule has 0 saturated carbocycles. The lowest BCUT2D eigenvalue weighted by Crippen LogP contribution is -2.28. The van der Waals surface area contributed by atoms with Crippen LogP contribution in [-0.2, 0) is 19.1 Å². The van der Waals surface area contributed by atoms with Gasteiger partial charge in [-0.15, -0.1) is 0 Å². The van der Waals surface area contributed by atoms with Crippen molar-refractivity contribution in [3.8, 4) is 0 Å². The number of esters is 2. The molecule has 0 fully saturated rings. The van der Waals surface area contributed by atoms with Gasteiger partial charge in [-0.25, -0.2) is 0 Å². The molecule has 0 spiro atoms. The Morgan fingerprint density at radius 1 is 0.545 bits per heavy atom. The van der Waals surface area contributed by atoms with E-state index in [4.69, 9.17) is 9.47 Å². The lowest BCUT2D eigenvalue weighted by Gasteiger charge is -2.15. The summed E-state index contributed by atoms with van der Waals surface area (Å²) in [6, 6.07) is 0. The number of hydrogen-bond donors (Lipinski definition) is 1. The van der Waals surface area contributed by atoms with Crippen LogP contribution in [0.25, 0.3) is 0 Å². The average molecular weight is 617 g/mol. The molecule has 0 rings (SSSR count). The van der Waals surface area contributed by atoms with Crippen molar-refractivity contribution >= 4 is 11.9 Å². The second-order valence-corrected chi connectivity index (χ2v) is 11.9. The highest BCUT2D eigenvalue weighted by molar-refractivity contribution is 5.70. The van der Waals surface area contributed by atoms with Gasteiger partial charge < -0.3 is 14.6 Å². The van der Waals surface area contributed by atoms with Gasteiger partial charge in [0.25, 0.3) is 0 Å². The molecule has 0 aliphatic rings. The largest absolute Gasteiger partial charge is 0.462 e. The molecule has 0 aromatic carbocycles. The third kappa shape index (κ3) is 32.8. The molecule has 0 aliphatic heterocycles. The minimum absolute atomic E-state index is 0.0865. The Labute approximate surface area is 271 Å². The normalized spacial score (nSPS) is 12.7. The van der Waals surface area contributed by atoms with Crippen molar-refractivity contribution in [2.24, 2.45) is 0 Å². The van der Waals surface area contributed by atoms with Crippen molar-refractivity contribution in [1.29, 1.82) is 0 Å². The zero-order chi connectivity index (χ0) is 32.2. The Bertz CT molecular complexity index is 752. The zero-order valence-corrected chi connectivity index (χ0v) is 28.7. The maximum atomic E-state index is 12.1. The topological polar surface area (TPSA) is 72.8 Å². The third-order valence-electron chi connectivity index (χ3n) is 7.64. The molecule has 0 aromatic heterocycles. The SMILES string of the molecule is CCC=CCC=CCC=CCC=CCCCCC(=O)OC[C@H](CO)OC(=O)CCCCCCCCCCCCCCCCC. The molecule has 0 saturated heterocycles. The van der Waals surface area contributed by atoms with Gasteiger partial charge in [0.1, 0.15) is 6.61 Å². The molecule has 0 unspecified atom stereocenters. The average Bonchev–Trinajstić information content (AvgIpc) is 3.02. The van der Waals surface area contributed by atoms with Crippen molar-refractivity contribution in [2.75, 3.05) is 13.2 Å². The van der Waals surface area contributed by atoms with E-state index in [1.807, 2.05) is 0 Å². The Morgan fingerprint density at radius 3 is 1.48 bits per heavy atom. The summed E-state index contributed by atoms with van der Waals surface area (Å²) >= 11 is 0. The number of carbonyl (C=O) groups is 2. The molecule has 0 bridgehead atoms. The summed E-state index contributed by atoms with van der Waals surface area (Å²) in [5.41, 5.74) is 0. The van der Waals surface area contributed by atoms with Crippen molar-refractivity contribution in [1.82, 2.24) is 0 Å². The summed E-state index contributed by atoms with van der Waals surface area (Å²) in [4.78, 5) is 24.2. The van der Waals surface area contributed by atoms with Crippen LogP contribution in [0.3, 0.4) is 0 Å². The van der Waals surface area contributed by atoms with E-state index in [0.29, 0.717) is 12.8 Å². The van der Waals surface area contributed by atoms with Gasteiger partial charge in [-0.3, -0.25) is 9.59 Å². The van der Waals surface area contributed by atoms with Crippen LogP contribution < -0.4 is 0 Å². The third-order valence-corrected chi connectivity index (χ3v) is 7.64. The van der Waals surface area contributed by atoms with Crippen molar-refractivity contribution in [3.63, 3.8) is 0 Å². The van der Waals surface area contributed by atoms with Gasteiger partial charge in [0.05, 0.1) is 6.61 Å². The molecular weight excluding hydrogens is 548 g/mol. The number of aliphatic hydroxyl groups is 1. The molecule has 5 nitrogen and oxygen atoms in total. The van der Waals surface area contributed by atoms with Gasteiger partial charge in [-0.05, 0) is 51.4 Å². The van der Waals surface area contributed by atoms with Gasteiger partial charge in [0.2, 0.25) is 0 Å². The van der Waals surface area contributed by atoms with E-state index in [1.54, 1.807) is 0 Å². The molecule has 0 aliphatic carbocycles. The lowest BCUT2D eigenvalue weighted by molar-refractivity contribution is -0.161. The van der Waals surface area contributed by atoms with E-state index < -0.39 is 6.10 Å². The van der Waals surface area contributed by atoms with Crippen LogP contribution in [0.15, 0.2) is 48.6 Å². The van der Waals surface area contributed by atoms with E-state index in [1.165, 1.54) is 77.0 Å². The summed E-state index contributed by atoms with van der Waals surface area (Å²) in [6.07, 6.45) is 43.1. The first-order chi connectivity index (χ1) is 21.6. The van der Waals surface area contributed by atoms with Crippen LogP contribution in [0.5, 0.6) is 0 Å². The van der Waals surface area contributed by atoms with Crippen LogP contribution in [0, 0.1) is 0 Å². The van der Waals surface area contributed by atoms with Gasteiger partial charge in [-0.2, -0.15) is 0 Å². The Kier molecular flexibility index (Phi) is 33.6. The van der Waals surface area contributed by atoms with Crippen LogP contribution in [-0.4, -0.2) is 36.4 Å². The van der Waals surface area contributed by atoms with E-state index in [9.17, 15) is 14.7 Å². The molecular formula is C39H68O5. The van der Waals surface area contributed by atoms with Crippen molar-refractivity contribution in [3.05, 3.63) is 48.6 Å². The first-order valence-electron chi connectivity index (χ1n) is 18.2. The second kappa shape index (κ2) is 35.3. The van der Waals surface area contributed by atoms with Crippen LogP contribution in [0.4, 0.5) is 0 Å². The van der Waals surface area contributed by atoms with E-state index in [0.717, 1.165) is 64.2 Å². The molecule has 44 heavy (non-hydrogen) atoms. The number of carbonyl (C=O) groups excluding carboxylic acids is 2. The highest BCUT2D eigenvalue weighted by Crippen LogP contribution is 2.14. The van der Waals surface area contributed by atoms with Gasteiger partial charge >= 0.3 is 11.9 Å². The van der Waals surface area contributed by atoms with Gasteiger partial charge in [0.15, 0.2) is 6.10 Å². The number of aliphatic hydroxyl groups excluding tert-OH is 1. The van der Waals surface area contributed by atoms with Crippen LogP contribution >= 0.6 is 0 Å². The fourth-order valence-corrected chi connectivity index (χ4v) is 4.90. The predicted molar refractivity (Wildman–Crippen MR) is 187 cm³/mol. The molecule has 1 N–H and O–H groups in total. The summed E-state index contributed by atoms with van der Waals surface area (Å²) in [5.74, 6) is -0.639. The lowest BCUT2D eigenvalue weighted by atomic mass is 10.0. The molecule has 0 radical (unpaired) electrons. The molecule has 1 atom stereocenters. The molecule has 0 amide bonds. The van der Waals surface area contributed by atoms with Crippen LogP contribution in [0.2, 0.25) is 0 Å². The second-order valence-electron chi connectivity index (χ2n) is 11.9. The van der Waals surface area contributed by atoms with E-state index in [2.05, 4.69) is 62.5 Å². The maximum absolute atomic E-state index is 12.1. The smallest absolute Gasteiger partial charge is 0.306 e. The fraction of sp³-hybridized carbons (Fsp3) is 0.744. The summed E-state index contributed by atoms with van der Waals surface area (Å²) in [5, 5.41) is 9.52. The molecule has 0 heterocycles. The number of rotatable bonds is 32. The molecule has 0 aromatic rings. The van der Waals surface area contributed by atoms with Crippen molar-refractivity contribution < 1.29 is 24.2 Å². The van der Waals surface area contributed by atoms with Crippen LogP contribution in [0.1, 0.15) is 168 Å². The molecule has 5 heteroatoms. The number of unbranched alkanes of at least 4 members (excludes halogenated alkanes) is 16. The maximum Gasteiger partial charge on any atom is 0.306 e. The quantitative estimate of drug-likeness (QED) is 0.0462. The van der Waals surface area contributed by atoms with Crippen molar-refractivity contribution in [2.45, 2.75) is 174 Å². The monoisotopic (exact) mass is 617 g/mol. The minimum atomic E-state index is -0.785. The standard InChI is InChI=1S/C39H68O5/c1-3-5-7-9-11-13-15-17-19-21-23-25-27-29-31-33-38(41)43-36-37(35-40)44-39(42)34-32-30-28-26-24-22-20-18-16-14-12-10-8-6-4-2/h5,7,11,13,17,19,23,25,37,40H,3-4,6,8-10,12,14-16,18,20-22,24,26-36H2,1-2H3/t37-/m0/s1. The van der Waals surface area contributed by atoms with Gasteiger partial charge in [0, 0.05) is 12.8 Å². The number of ether oxygens (including phenoxy) is 2. The Morgan fingerprint density at radius 2 is 0.977 bits per heavy atom. The summed E-state index contributed by atoms with van der Waals surface area (Å²) in [7, 11) is 0. The predicted octanol–water partition coefficient (Wildman–Crippen LogP) is 11.1. The first kappa shape index (κ1) is 41.9. The molecule has 254 valence electrons. The summed E-state index contributed by atoms with van der Waals surface area (Å²) < 4.78 is 10.5. The fourth-order valence-electron chi connectivity index (χ4n) is 4.90. The van der Waals surface area contributed by atoms with E-state index >= 15 is 0 Å². The highest BCUT2D eigenvalue weighted by atomic mass is 16.6. The minimum Gasteiger partial charge on any atom is -0.462 e. The Balaban J connectivity index is 3.64.